The highest BCUT2D eigenvalue weighted by molar-refractivity contribution is 5.56. The first-order valence-corrected chi connectivity index (χ1v) is 4.11. The van der Waals surface area contributed by atoms with Gasteiger partial charge in [0.25, 0.3) is 0 Å². The van der Waals surface area contributed by atoms with E-state index in [0.29, 0.717) is 0 Å². The van der Waals surface area contributed by atoms with Crippen molar-refractivity contribution in [2.24, 2.45) is 0 Å². The lowest BCUT2D eigenvalue weighted by molar-refractivity contribution is -0.386. The summed E-state index contributed by atoms with van der Waals surface area (Å²) < 4.78 is 74.1. The summed E-state index contributed by atoms with van der Waals surface area (Å²) in [6.07, 6.45) is -11.0. The minimum Gasteiger partial charge on any atom is -0.502 e. The van der Waals surface area contributed by atoms with E-state index in [1.54, 1.807) is 0 Å². The molecule has 1 aromatic rings. The van der Waals surface area contributed by atoms with Gasteiger partial charge >= 0.3 is 18.0 Å². The predicted molar refractivity (Wildman–Crippen MR) is 44.8 cm³/mol. The fourth-order valence-electron chi connectivity index (χ4n) is 1.25. The molecule has 1 aromatic carbocycles. The predicted octanol–water partition coefficient (Wildman–Crippen LogP) is 3.34. The summed E-state index contributed by atoms with van der Waals surface area (Å²) in [5.74, 6) is -2.05. The molecule has 10 heteroatoms. The molecule has 1 N–H and O–H groups in total. The van der Waals surface area contributed by atoms with Crippen LogP contribution in [0.2, 0.25) is 0 Å². The first-order chi connectivity index (χ1) is 7.96. The largest absolute Gasteiger partial charge is 0.502 e. The zero-order valence-electron chi connectivity index (χ0n) is 8.13. The van der Waals surface area contributed by atoms with Crippen molar-refractivity contribution in [1.29, 1.82) is 0 Å². The number of nitrogens with zero attached hydrogens (tertiary/aromatic N) is 1. The lowest BCUT2D eigenvalue weighted by Gasteiger charge is -2.16. The minimum atomic E-state index is -5.57. The van der Waals surface area contributed by atoms with Crippen molar-refractivity contribution in [1.82, 2.24) is 0 Å². The molecular weight excluding hydrogens is 272 g/mol. The van der Waals surface area contributed by atoms with Crippen LogP contribution in [0.25, 0.3) is 0 Å². The highest BCUT2D eigenvalue weighted by Crippen LogP contribution is 2.47. The molecule has 0 fully saturated rings. The highest BCUT2D eigenvalue weighted by atomic mass is 19.4. The molecule has 0 saturated heterocycles. The van der Waals surface area contributed by atoms with Gasteiger partial charge in [-0.05, 0) is 6.07 Å². The zero-order chi connectivity index (χ0) is 14.3. The molecule has 0 unspecified atom stereocenters. The van der Waals surface area contributed by atoms with Gasteiger partial charge in [0.05, 0.1) is 10.5 Å². The van der Waals surface area contributed by atoms with Crippen LogP contribution in [0.3, 0.4) is 0 Å². The summed E-state index contributed by atoms with van der Waals surface area (Å²) in [6, 6.07) is 0.0636. The van der Waals surface area contributed by atoms with Gasteiger partial charge in [0, 0.05) is 6.07 Å². The summed E-state index contributed by atoms with van der Waals surface area (Å²) >= 11 is 0. The second-order valence-corrected chi connectivity index (χ2v) is 3.11. The van der Waals surface area contributed by atoms with E-state index >= 15 is 0 Å². The van der Waals surface area contributed by atoms with E-state index in [1.165, 1.54) is 0 Å². The number of phenols is 1. The first kappa shape index (κ1) is 14.1. The molecule has 0 heterocycles. The van der Waals surface area contributed by atoms with Crippen LogP contribution in [0, 0.1) is 10.1 Å². The van der Waals surface area contributed by atoms with Gasteiger partial charge in [-0.3, -0.25) is 10.1 Å². The lowest BCUT2D eigenvalue weighted by Crippen LogP contribution is -2.17. The van der Waals surface area contributed by atoms with Crippen molar-refractivity contribution < 1.29 is 36.4 Å². The summed E-state index contributed by atoms with van der Waals surface area (Å²) in [5.41, 5.74) is -6.10. The third kappa shape index (κ3) is 2.46. The van der Waals surface area contributed by atoms with Gasteiger partial charge in [-0.1, -0.05) is 0 Å². The average molecular weight is 275 g/mol. The van der Waals surface area contributed by atoms with Crippen LogP contribution in [0.15, 0.2) is 12.1 Å². The maximum atomic E-state index is 12.4. The molecule has 0 radical (unpaired) electrons. The van der Waals surface area contributed by atoms with Crippen LogP contribution < -0.4 is 0 Å². The highest BCUT2D eigenvalue weighted by Gasteiger charge is 2.47. The summed E-state index contributed by atoms with van der Waals surface area (Å²) in [5, 5.41) is 19.2. The van der Waals surface area contributed by atoms with Crippen LogP contribution in [-0.2, 0) is 12.4 Å². The second kappa shape index (κ2) is 4.03. The molecule has 0 aliphatic heterocycles. The van der Waals surface area contributed by atoms with Gasteiger partial charge in [-0.25, -0.2) is 0 Å². The Morgan fingerprint density at radius 1 is 1.06 bits per heavy atom. The Bertz CT molecular complexity index is 493. The average Bonchev–Trinajstić information content (AvgIpc) is 2.12. The Kier molecular flexibility index (Phi) is 3.15. The Hall–Kier alpha value is -2.00. The van der Waals surface area contributed by atoms with Gasteiger partial charge in [0.1, 0.15) is 5.56 Å². The normalized spacial score (nSPS) is 12.6. The van der Waals surface area contributed by atoms with E-state index in [0.717, 1.165) is 0 Å². The molecule has 0 aliphatic rings. The second-order valence-electron chi connectivity index (χ2n) is 3.11. The molecule has 1 rings (SSSR count). The SMILES string of the molecule is O=[N+]([O-])c1ccc(C(F)(F)F)c(C(F)(F)F)c1O. The van der Waals surface area contributed by atoms with Crippen molar-refractivity contribution in [3.63, 3.8) is 0 Å². The Balaban J connectivity index is 3.69. The monoisotopic (exact) mass is 275 g/mol. The van der Waals surface area contributed by atoms with Crippen molar-refractivity contribution in [2.75, 3.05) is 0 Å². The van der Waals surface area contributed by atoms with Gasteiger partial charge in [-0.15, -0.1) is 0 Å². The van der Waals surface area contributed by atoms with E-state index in [-0.39, 0.29) is 12.1 Å². The molecule has 0 atom stereocenters. The van der Waals surface area contributed by atoms with E-state index in [2.05, 4.69) is 0 Å². The number of rotatable bonds is 1. The number of alkyl halides is 6. The van der Waals surface area contributed by atoms with Crippen LogP contribution in [-0.4, -0.2) is 10.0 Å². The minimum absolute atomic E-state index is 0.0966. The summed E-state index contributed by atoms with van der Waals surface area (Å²) in [7, 11) is 0. The first-order valence-electron chi connectivity index (χ1n) is 4.11. The molecule has 18 heavy (non-hydrogen) atoms. The molecule has 0 aliphatic carbocycles. The topological polar surface area (TPSA) is 63.4 Å². The molecular formula is C8H3F6NO3. The number of hydrogen-bond donors (Lipinski definition) is 1. The molecule has 4 nitrogen and oxygen atoms in total. The molecule has 0 spiro atoms. The Morgan fingerprint density at radius 3 is 1.89 bits per heavy atom. The van der Waals surface area contributed by atoms with Gasteiger partial charge < -0.3 is 5.11 Å². The maximum Gasteiger partial charge on any atom is 0.420 e. The zero-order valence-corrected chi connectivity index (χ0v) is 8.13. The van der Waals surface area contributed by atoms with E-state index in [9.17, 15) is 36.5 Å². The number of halogens is 6. The van der Waals surface area contributed by atoms with Crippen molar-refractivity contribution >= 4 is 5.69 Å². The maximum absolute atomic E-state index is 12.4. The van der Waals surface area contributed by atoms with E-state index in [1.807, 2.05) is 0 Å². The third-order valence-corrected chi connectivity index (χ3v) is 1.94. The molecule has 0 amide bonds. The van der Waals surface area contributed by atoms with Gasteiger partial charge in [-0.2, -0.15) is 26.3 Å². The summed E-state index contributed by atoms with van der Waals surface area (Å²) in [6.45, 7) is 0. The number of nitro groups is 1. The Morgan fingerprint density at radius 2 is 1.56 bits per heavy atom. The fraction of sp³-hybridized carbons (Fsp3) is 0.250. The smallest absolute Gasteiger partial charge is 0.420 e. The van der Waals surface area contributed by atoms with Crippen LogP contribution >= 0.6 is 0 Å². The van der Waals surface area contributed by atoms with E-state index in [4.69, 9.17) is 5.11 Å². The quantitative estimate of drug-likeness (QED) is 0.485. The number of aromatic hydroxyl groups is 1. The van der Waals surface area contributed by atoms with Crippen LogP contribution in [0.4, 0.5) is 32.0 Å². The lowest BCUT2D eigenvalue weighted by atomic mass is 10.0. The van der Waals surface area contributed by atoms with Crippen LogP contribution in [0.1, 0.15) is 11.1 Å². The van der Waals surface area contributed by atoms with Crippen molar-refractivity contribution in [3.05, 3.63) is 33.4 Å². The van der Waals surface area contributed by atoms with Crippen molar-refractivity contribution in [3.8, 4) is 5.75 Å². The molecule has 0 bridgehead atoms. The standard InChI is InChI=1S/C8H3F6NO3/c9-7(10,11)3-1-2-4(15(17)18)6(16)5(3)8(12,13)14/h1-2,16H. The molecule has 100 valence electrons. The Labute approximate surface area is 94.6 Å². The van der Waals surface area contributed by atoms with Gasteiger partial charge in [0.2, 0.25) is 5.75 Å². The third-order valence-electron chi connectivity index (χ3n) is 1.94. The number of nitro benzene ring substituents is 1. The summed E-state index contributed by atoms with van der Waals surface area (Å²) in [4.78, 5) is 8.85. The molecule has 0 saturated carbocycles. The number of benzene rings is 1. The molecule has 0 aromatic heterocycles. The fourth-order valence-corrected chi connectivity index (χ4v) is 1.25. The van der Waals surface area contributed by atoms with Crippen molar-refractivity contribution in [2.45, 2.75) is 12.4 Å². The van der Waals surface area contributed by atoms with Gasteiger partial charge in [0.15, 0.2) is 0 Å². The number of hydrogen-bond acceptors (Lipinski definition) is 3. The van der Waals surface area contributed by atoms with E-state index < -0.39 is 39.8 Å². The number of phenolic OH excluding ortho intramolecular Hbond substituents is 1. The van der Waals surface area contributed by atoms with Crippen LogP contribution in [0.5, 0.6) is 5.75 Å².